The quantitative estimate of drug-likeness (QED) is 0.601. The van der Waals surface area contributed by atoms with E-state index in [-0.39, 0.29) is 38.1 Å². The average molecular weight is 479 g/mol. The number of amides is 2. The zero-order valence-electron chi connectivity index (χ0n) is 21.0. The van der Waals surface area contributed by atoms with E-state index in [2.05, 4.69) is 5.32 Å². The molecule has 1 heterocycles. The van der Waals surface area contributed by atoms with E-state index in [1.165, 1.54) is 4.90 Å². The van der Waals surface area contributed by atoms with E-state index in [4.69, 9.17) is 18.9 Å². The number of benzene rings is 1. The van der Waals surface area contributed by atoms with Gasteiger partial charge in [-0.1, -0.05) is 30.3 Å². The van der Waals surface area contributed by atoms with Gasteiger partial charge in [0.1, 0.15) is 11.7 Å². The maximum absolute atomic E-state index is 12.8. The van der Waals surface area contributed by atoms with Gasteiger partial charge in [-0.3, -0.25) is 4.79 Å². The number of esters is 1. The SMILES string of the molecule is C[C@@H]1OC(=O)[C@@H](NC(=O)OC(C)(C)C)COC[C@H](Cc2ccccc2)[C@H]1OCCC(=O)N(C)C. The Bertz CT molecular complexity index is 807. The molecule has 1 fully saturated rings. The Morgan fingerprint density at radius 1 is 1.15 bits per heavy atom. The molecule has 0 saturated carbocycles. The van der Waals surface area contributed by atoms with Crippen LogP contribution in [0.1, 0.15) is 39.7 Å². The van der Waals surface area contributed by atoms with Gasteiger partial charge in [-0.25, -0.2) is 9.59 Å². The smallest absolute Gasteiger partial charge is 0.408 e. The summed E-state index contributed by atoms with van der Waals surface area (Å²) in [6, 6.07) is 8.89. The zero-order chi connectivity index (χ0) is 25.3. The van der Waals surface area contributed by atoms with E-state index >= 15 is 0 Å². The molecule has 1 aromatic carbocycles. The van der Waals surface area contributed by atoms with Crippen LogP contribution in [0.5, 0.6) is 0 Å². The predicted octanol–water partition coefficient (Wildman–Crippen LogP) is 2.56. The van der Waals surface area contributed by atoms with Crippen molar-refractivity contribution in [2.45, 2.75) is 64.4 Å². The minimum atomic E-state index is -1.01. The van der Waals surface area contributed by atoms with Crippen molar-refractivity contribution in [2.75, 3.05) is 33.9 Å². The maximum atomic E-state index is 12.8. The van der Waals surface area contributed by atoms with Gasteiger partial charge in [-0.15, -0.1) is 0 Å². The second-order valence-corrected chi connectivity index (χ2v) is 9.70. The molecule has 0 radical (unpaired) electrons. The van der Waals surface area contributed by atoms with E-state index in [0.717, 1.165) is 5.56 Å². The molecule has 0 aliphatic carbocycles. The summed E-state index contributed by atoms with van der Waals surface area (Å²) < 4.78 is 22.9. The topological polar surface area (TPSA) is 103 Å². The Balaban J connectivity index is 2.15. The molecule has 1 aliphatic heterocycles. The molecule has 9 nitrogen and oxygen atoms in total. The first-order chi connectivity index (χ1) is 16.0. The molecular formula is C25H38N2O7. The third-order valence-electron chi connectivity index (χ3n) is 5.29. The van der Waals surface area contributed by atoms with Crippen molar-refractivity contribution < 1.29 is 33.3 Å². The van der Waals surface area contributed by atoms with Crippen molar-refractivity contribution in [3.8, 4) is 0 Å². The highest BCUT2D eigenvalue weighted by atomic mass is 16.6. The fourth-order valence-electron chi connectivity index (χ4n) is 3.64. The van der Waals surface area contributed by atoms with Crippen LogP contribution >= 0.6 is 0 Å². The minimum absolute atomic E-state index is 0.0507. The van der Waals surface area contributed by atoms with Gasteiger partial charge in [0.15, 0.2) is 6.04 Å². The summed E-state index contributed by atoms with van der Waals surface area (Å²) in [6.45, 7) is 7.40. The van der Waals surface area contributed by atoms with Gasteiger partial charge >= 0.3 is 12.1 Å². The van der Waals surface area contributed by atoms with Gasteiger partial charge in [0.05, 0.1) is 32.3 Å². The van der Waals surface area contributed by atoms with Crippen molar-refractivity contribution in [3.05, 3.63) is 35.9 Å². The molecule has 2 amide bonds. The van der Waals surface area contributed by atoms with Crippen molar-refractivity contribution in [3.63, 3.8) is 0 Å². The van der Waals surface area contributed by atoms with Crippen LogP contribution in [0.25, 0.3) is 0 Å². The van der Waals surface area contributed by atoms with E-state index in [1.807, 2.05) is 30.3 Å². The Kier molecular flexibility index (Phi) is 10.3. The summed E-state index contributed by atoms with van der Waals surface area (Å²) in [5.41, 5.74) is 0.389. The number of cyclic esters (lactones) is 1. The van der Waals surface area contributed by atoms with Crippen molar-refractivity contribution in [1.82, 2.24) is 10.2 Å². The molecule has 0 spiro atoms. The number of rotatable bonds is 7. The summed E-state index contributed by atoms with van der Waals surface area (Å²) in [7, 11) is 3.38. The standard InChI is InChI=1S/C25H38N2O7/c1-17-22(32-13-12-21(28)27(5)6)19(14-18-10-8-7-9-11-18)15-31-16-20(23(29)33-17)26-24(30)34-25(2,3)4/h7-11,17,19-20,22H,12-16H2,1-6H3,(H,26,30)/t17-,19-,20-,22-/m0/s1. The van der Waals surface area contributed by atoms with Crippen LogP contribution in [-0.2, 0) is 35.0 Å². The van der Waals surface area contributed by atoms with E-state index in [0.29, 0.717) is 6.42 Å². The molecule has 1 aliphatic rings. The van der Waals surface area contributed by atoms with E-state index < -0.39 is 35.9 Å². The van der Waals surface area contributed by atoms with Gasteiger partial charge < -0.3 is 29.2 Å². The van der Waals surface area contributed by atoms with Crippen LogP contribution in [0.4, 0.5) is 4.79 Å². The Morgan fingerprint density at radius 3 is 2.44 bits per heavy atom. The fraction of sp³-hybridized carbons (Fsp3) is 0.640. The van der Waals surface area contributed by atoms with Crippen molar-refractivity contribution >= 4 is 18.0 Å². The Labute approximate surface area is 202 Å². The summed E-state index contributed by atoms with van der Waals surface area (Å²) in [4.78, 5) is 38.5. The summed E-state index contributed by atoms with van der Waals surface area (Å²) in [5, 5.41) is 2.54. The number of hydrogen-bond acceptors (Lipinski definition) is 7. The molecule has 1 N–H and O–H groups in total. The lowest BCUT2D eigenvalue weighted by atomic mass is 9.91. The highest BCUT2D eigenvalue weighted by Gasteiger charge is 2.36. The number of nitrogens with one attached hydrogen (secondary N) is 1. The Morgan fingerprint density at radius 2 is 1.82 bits per heavy atom. The van der Waals surface area contributed by atoms with Gasteiger partial charge in [0.2, 0.25) is 5.91 Å². The van der Waals surface area contributed by atoms with Crippen LogP contribution in [0.3, 0.4) is 0 Å². The molecular weight excluding hydrogens is 440 g/mol. The number of carbonyl (C=O) groups excluding carboxylic acids is 3. The van der Waals surface area contributed by atoms with E-state index in [1.54, 1.807) is 41.8 Å². The Hall–Kier alpha value is -2.65. The van der Waals surface area contributed by atoms with Gasteiger partial charge in [0.25, 0.3) is 0 Å². The summed E-state index contributed by atoms with van der Waals surface area (Å²) >= 11 is 0. The monoisotopic (exact) mass is 478 g/mol. The molecule has 0 aromatic heterocycles. The predicted molar refractivity (Wildman–Crippen MR) is 126 cm³/mol. The number of hydrogen-bond donors (Lipinski definition) is 1. The number of alkyl carbamates (subject to hydrolysis) is 1. The van der Waals surface area contributed by atoms with Gasteiger partial charge in [-0.05, 0) is 39.7 Å². The average Bonchev–Trinajstić information content (AvgIpc) is 2.78. The molecule has 1 aromatic rings. The van der Waals surface area contributed by atoms with E-state index in [9.17, 15) is 14.4 Å². The van der Waals surface area contributed by atoms with Gasteiger partial charge in [0, 0.05) is 20.0 Å². The molecule has 190 valence electrons. The van der Waals surface area contributed by atoms with Crippen LogP contribution in [0, 0.1) is 5.92 Å². The second-order valence-electron chi connectivity index (χ2n) is 9.70. The summed E-state index contributed by atoms with van der Waals surface area (Å²) in [6.07, 6.45) is -0.995. The van der Waals surface area contributed by atoms with Crippen LogP contribution in [0.15, 0.2) is 30.3 Å². The van der Waals surface area contributed by atoms with Gasteiger partial charge in [-0.2, -0.15) is 0 Å². The first-order valence-electron chi connectivity index (χ1n) is 11.6. The normalized spacial score (nSPS) is 23.6. The number of nitrogens with zero attached hydrogens (tertiary/aromatic N) is 1. The molecule has 4 atom stereocenters. The highest BCUT2D eigenvalue weighted by Crippen LogP contribution is 2.23. The lowest BCUT2D eigenvalue weighted by Crippen LogP contribution is -2.47. The molecule has 1 saturated heterocycles. The molecule has 2 rings (SSSR count). The molecule has 34 heavy (non-hydrogen) atoms. The number of ether oxygens (including phenoxy) is 4. The minimum Gasteiger partial charge on any atom is -0.458 e. The van der Waals surface area contributed by atoms with Crippen LogP contribution in [-0.4, -0.2) is 80.6 Å². The van der Waals surface area contributed by atoms with Crippen molar-refractivity contribution in [1.29, 1.82) is 0 Å². The lowest BCUT2D eigenvalue weighted by molar-refractivity contribution is -0.161. The maximum Gasteiger partial charge on any atom is 0.408 e. The first-order valence-corrected chi connectivity index (χ1v) is 11.6. The largest absolute Gasteiger partial charge is 0.458 e. The van der Waals surface area contributed by atoms with Crippen molar-refractivity contribution in [2.24, 2.45) is 5.92 Å². The highest BCUT2D eigenvalue weighted by molar-refractivity contribution is 5.81. The second kappa shape index (κ2) is 12.7. The zero-order valence-corrected chi connectivity index (χ0v) is 21.0. The summed E-state index contributed by atoms with van der Waals surface area (Å²) in [5.74, 6) is -0.818. The fourth-order valence-corrected chi connectivity index (χ4v) is 3.64. The molecule has 9 heteroatoms. The van der Waals surface area contributed by atoms with Crippen LogP contribution in [0.2, 0.25) is 0 Å². The third-order valence-corrected chi connectivity index (χ3v) is 5.29. The first kappa shape index (κ1) is 27.6. The molecule has 0 bridgehead atoms. The third kappa shape index (κ3) is 9.30. The molecule has 0 unspecified atom stereocenters. The number of carbonyl (C=O) groups is 3. The lowest BCUT2D eigenvalue weighted by Gasteiger charge is -2.31. The van der Waals surface area contributed by atoms with Crippen LogP contribution < -0.4 is 5.32 Å².